The third kappa shape index (κ3) is 6.26. The molecule has 1 aromatic heterocycles. The zero-order valence-electron chi connectivity index (χ0n) is 20.1. The first kappa shape index (κ1) is 25.5. The van der Waals surface area contributed by atoms with Crippen LogP contribution in [0.15, 0.2) is 35.1 Å². The Labute approximate surface area is 203 Å². The van der Waals surface area contributed by atoms with E-state index in [-0.39, 0.29) is 30.2 Å². The number of likely N-dealkylation sites (tertiary alicyclic amines) is 1. The Morgan fingerprint density at radius 1 is 1.14 bits per heavy atom. The SMILES string of the molecule is CCOC(=O)N1CCC(NC(=O)c2ccc(NC(=O)Cn3c(C)cc(C)c(C#N)c3=O)cc2)CC1. The van der Waals surface area contributed by atoms with Gasteiger partial charge in [0.05, 0.1) is 6.61 Å². The molecule has 2 N–H and O–H groups in total. The number of carbonyl (C=O) groups excluding carboxylic acids is 3. The predicted octanol–water partition coefficient (Wildman–Crippen LogP) is 2.33. The zero-order chi connectivity index (χ0) is 25.5. The van der Waals surface area contributed by atoms with Crippen molar-refractivity contribution < 1.29 is 19.1 Å². The van der Waals surface area contributed by atoms with Gasteiger partial charge in [-0.2, -0.15) is 5.26 Å². The van der Waals surface area contributed by atoms with Gasteiger partial charge in [-0.1, -0.05) is 0 Å². The number of nitriles is 1. The highest BCUT2D eigenvalue weighted by Gasteiger charge is 2.24. The lowest BCUT2D eigenvalue weighted by molar-refractivity contribution is -0.116. The van der Waals surface area contributed by atoms with Gasteiger partial charge in [0.2, 0.25) is 5.91 Å². The summed E-state index contributed by atoms with van der Waals surface area (Å²) in [4.78, 5) is 51.0. The van der Waals surface area contributed by atoms with Gasteiger partial charge in [-0.3, -0.25) is 14.4 Å². The molecular weight excluding hydrogens is 450 g/mol. The van der Waals surface area contributed by atoms with Crippen molar-refractivity contribution in [1.29, 1.82) is 5.26 Å². The van der Waals surface area contributed by atoms with Gasteiger partial charge in [-0.05, 0) is 69.5 Å². The van der Waals surface area contributed by atoms with Crippen LogP contribution in [-0.2, 0) is 16.1 Å². The molecule has 0 unspecified atom stereocenters. The molecular formula is C25H29N5O5. The Hall–Kier alpha value is -4.13. The third-order valence-electron chi connectivity index (χ3n) is 5.91. The van der Waals surface area contributed by atoms with E-state index in [2.05, 4.69) is 10.6 Å². The number of hydrogen-bond donors (Lipinski definition) is 2. The molecule has 1 aliphatic heterocycles. The summed E-state index contributed by atoms with van der Waals surface area (Å²) >= 11 is 0. The second-order valence-electron chi connectivity index (χ2n) is 8.41. The number of aryl methyl sites for hydroxylation is 2. The average Bonchev–Trinajstić information content (AvgIpc) is 2.83. The molecule has 3 rings (SSSR count). The Morgan fingerprint density at radius 2 is 1.80 bits per heavy atom. The Bertz CT molecular complexity index is 1200. The largest absolute Gasteiger partial charge is 0.450 e. The van der Waals surface area contributed by atoms with E-state index in [1.54, 1.807) is 56.0 Å². The molecule has 0 bridgehead atoms. The second-order valence-corrected chi connectivity index (χ2v) is 8.41. The molecule has 10 nitrogen and oxygen atoms in total. The highest BCUT2D eigenvalue weighted by molar-refractivity contribution is 5.96. The molecule has 0 aliphatic carbocycles. The molecule has 1 aromatic carbocycles. The summed E-state index contributed by atoms with van der Waals surface area (Å²) in [5.74, 6) is -0.656. The summed E-state index contributed by atoms with van der Waals surface area (Å²) < 4.78 is 6.27. The Balaban J connectivity index is 1.55. The van der Waals surface area contributed by atoms with Crippen LogP contribution in [0.2, 0.25) is 0 Å². The van der Waals surface area contributed by atoms with Crippen LogP contribution in [0.4, 0.5) is 10.5 Å². The summed E-state index contributed by atoms with van der Waals surface area (Å²) in [5, 5.41) is 14.9. The highest BCUT2D eigenvalue weighted by Crippen LogP contribution is 2.14. The number of benzene rings is 1. The molecule has 2 aromatic rings. The van der Waals surface area contributed by atoms with E-state index in [1.807, 2.05) is 6.07 Å². The topological polar surface area (TPSA) is 134 Å². The molecule has 1 fully saturated rings. The van der Waals surface area contributed by atoms with Crippen molar-refractivity contribution in [3.05, 3.63) is 63.1 Å². The number of anilines is 1. The zero-order valence-corrected chi connectivity index (χ0v) is 20.1. The van der Waals surface area contributed by atoms with E-state index < -0.39 is 11.5 Å². The van der Waals surface area contributed by atoms with Crippen molar-refractivity contribution in [2.45, 2.75) is 46.2 Å². The lowest BCUT2D eigenvalue weighted by atomic mass is 10.0. The van der Waals surface area contributed by atoms with E-state index in [0.717, 1.165) is 0 Å². The van der Waals surface area contributed by atoms with Crippen molar-refractivity contribution in [2.75, 3.05) is 25.0 Å². The minimum absolute atomic E-state index is 0.0188. The van der Waals surface area contributed by atoms with Gasteiger partial charge in [0.25, 0.3) is 11.5 Å². The summed E-state index contributed by atoms with van der Waals surface area (Å²) in [6.45, 7) is 6.30. The van der Waals surface area contributed by atoms with Crippen molar-refractivity contribution in [2.24, 2.45) is 0 Å². The molecule has 0 radical (unpaired) electrons. The number of ether oxygens (including phenoxy) is 1. The van der Waals surface area contributed by atoms with E-state index in [4.69, 9.17) is 4.74 Å². The Morgan fingerprint density at radius 3 is 2.40 bits per heavy atom. The van der Waals surface area contributed by atoms with E-state index >= 15 is 0 Å². The Kier molecular flexibility index (Phi) is 8.25. The van der Waals surface area contributed by atoms with E-state index in [0.29, 0.717) is 55.0 Å². The molecule has 184 valence electrons. The van der Waals surface area contributed by atoms with Gasteiger partial charge in [0.15, 0.2) is 0 Å². The number of nitrogens with one attached hydrogen (secondary N) is 2. The minimum Gasteiger partial charge on any atom is -0.450 e. The maximum absolute atomic E-state index is 12.6. The van der Waals surface area contributed by atoms with Gasteiger partial charge in [-0.15, -0.1) is 0 Å². The van der Waals surface area contributed by atoms with Crippen LogP contribution >= 0.6 is 0 Å². The number of aromatic nitrogens is 1. The fourth-order valence-electron chi connectivity index (χ4n) is 4.00. The highest BCUT2D eigenvalue weighted by atomic mass is 16.6. The maximum Gasteiger partial charge on any atom is 0.409 e. The number of hydrogen-bond acceptors (Lipinski definition) is 6. The predicted molar refractivity (Wildman–Crippen MR) is 129 cm³/mol. The standard InChI is InChI=1S/C25H29N5O5/c1-4-35-25(34)29-11-9-20(10-12-29)28-23(32)18-5-7-19(8-6-18)27-22(31)15-30-17(3)13-16(2)21(14-26)24(30)33/h5-8,13,20H,4,9-12,15H2,1-3H3,(H,27,31)(H,28,32). The van der Waals surface area contributed by atoms with Crippen LogP contribution in [0.5, 0.6) is 0 Å². The molecule has 1 saturated heterocycles. The quantitative estimate of drug-likeness (QED) is 0.653. The number of nitrogens with zero attached hydrogens (tertiary/aromatic N) is 3. The van der Waals surface area contributed by atoms with E-state index in [9.17, 15) is 24.4 Å². The molecule has 0 saturated carbocycles. The van der Waals surface area contributed by atoms with Crippen molar-refractivity contribution in [3.63, 3.8) is 0 Å². The number of piperidine rings is 1. The molecule has 3 amide bonds. The van der Waals surface area contributed by atoms with Gasteiger partial charge in [0, 0.05) is 36.1 Å². The van der Waals surface area contributed by atoms with Crippen LogP contribution in [0.3, 0.4) is 0 Å². The van der Waals surface area contributed by atoms with Crippen molar-refractivity contribution in [1.82, 2.24) is 14.8 Å². The molecule has 0 spiro atoms. The van der Waals surface area contributed by atoms with Gasteiger partial charge in [0.1, 0.15) is 18.2 Å². The number of amides is 3. The number of carbonyl (C=O) groups is 3. The maximum atomic E-state index is 12.6. The smallest absolute Gasteiger partial charge is 0.409 e. The fourth-order valence-corrected chi connectivity index (χ4v) is 4.00. The summed E-state index contributed by atoms with van der Waals surface area (Å²) in [6, 6.07) is 9.98. The lowest BCUT2D eigenvalue weighted by Crippen LogP contribution is -2.46. The first-order valence-corrected chi connectivity index (χ1v) is 11.5. The summed E-state index contributed by atoms with van der Waals surface area (Å²) in [6.07, 6.45) is 0.955. The normalized spacial score (nSPS) is 13.6. The molecule has 1 aliphatic rings. The monoisotopic (exact) mass is 479 g/mol. The van der Waals surface area contributed by atoms with Crippen LogP contribution < -0.4 is 16.2 Å². The second kappa shape index (κ2) is 11.3. The number of rotatable bonds is 6. The average molecular weight is 480 g/mol. The fraction of sp³-hybridized carbons (Fsp3) is 0.400. The number of pyridine rings is 1. The van der Waals surface area contributed by atoms with Gasteiger partial charge in [-0.25, -0.2) is 4.79 Å². The molecule has 35 heavy (non-hydrogen) atoms. The first-order chi connectivity index (χ1) is 16.7. The first-order valence-electron chi connectivity index (χ1n) is 11.5. The van der Waals surface area contributed by atoms with Crippen LogP contribution in [0.25, 0.3) is 0 Å². The summed E-state index contributed by atoms with van der Waals surface area (Å²) in [5.41, 5.74) is 1.60. The van der Waals surface area contributed by atoms with Gasteiger partial charge < -0.3 is 24.8 Å². The van der Waals surface area contributed by atoms with Crippen LogP contribution in [0.1, 0.15) is 46.9 Å². The summed E-state index contributed by atoms with van der Waals surface area (Å²) in [7, 11) is 0. The van der Waals surface area contributed by atoms with Gasteiger partial charge >= 0.3 is 6.09 Å². The third-order valence-corrected chi connectivity index (χ3v) is 5.91. The molecule has 0 atom stereocenters. The molecule has 2 heterocycles. The lowest BCUT2D eigenvalue weighted by Gasteiger charge is -2.31. The minimum atomic E-state index is -0.500. The van der Waals surface area contributed by atoms with Crippen molar-refractivity contribution in [3.8, 4) is 6.07 Å². The van der Waals surface area contributed by atoms with Crippen LogP contribution in [-0.4, -0.2) is 53.1 Å². The molecule has 10 heteroatoms. The van der Waals surface area contributed by atoms with Crippen molar-refractivity contribution >= 4 is 23.6 Å². The van der Waals surface area contributed by atoms with E-state index in [1.165, 1.54) is 4.57 Å². The van der Waals surface area contributed by atoms with Crippen LogP contribution in [0, 0.1) is 25.2 Å².